The number of aliphatic hydroxyl groups is 1. The number of rotatable bonds is 4. The molecule has 0 unspecified atom stereocenters. The number of hydrogen-bond donors (Lipinski definition) is 1. The monoisotopic (exact) mass is 234 g/mol. The summed E-state index contributed by atoms with van der Waals surface area (Å²) >= 11 is 0. The van der Waals surface area contributed by atoms with Crippen LogP contribution in [0.1, 0.15) is 27.7 Å². The van der Waals surface area contributed by atoms with Gasteiger partial charge in [-0.15, -0.1) is 5.54 Å². The first-order chi connectivity index (χ1) is 7.64. The van der Waals surface area contributed by atoms with Crippen molar-refractivity contribution in [2.75, 3.05) is 6.61 Å². The van der Waals surface area contributed by atoms with Gasteiger partial charge in [0.2, 0.25) is 0 Å². The summed E-state index contributed by atoms with van der Waals surface area (Å²) in [4.78, 5) is 0. The van der Waals surface area contributed by atoms with Crippen molar-refractivity contribution in [3.63, 3.8) is 0 Å². The molecule has 0 amide bonds. The number of hydrogen-bond acceptors (Lipinski definition) is 1. The first kappa shape index (κ1) is 15.0. The lowest BCUT2D eigenvalue weighted by atomic mass is 10.3. The van der Waals surface area contributed by atoms with Crippen LogP contribution in [-0.4, -0.2) is 19.8 Å². The van der Waals surface area contributed by atoms with E-state index in [4.69, 9.17) is 5.11 Å². The van der Waals surface area contributed by atoms with Crippen LogP contribution in [0.25, 0.3) is 0 Å². The van der Waals surface area contributed by atoms with Crippen LogP contribution in [0.15, 0.2) is 11.6 Å². The Morgan fingerprint density at radius 3 is 2.12 bits per heavy atom. The standard InChI is InChI=1S/C14H22OSi/c1-5-16(6-2,7-3)13-9-8-10-14(4)11-12-15/h11,15H,5-7,12H2,1-4H3/b14-11+. The molecule has 0 aliphatic carbocycles. The molecule has 0 aromatic carbocycles. The molecule has 0 fully saturated rings. The predicted molar refractivity (Wildman–Crippen MR) is 73.6 cm³/mol. The molecule has 88 valence electrons. The molecule has 16 heavy (non-hydrogen) atoms. The topological polar surface area (TPSA) is 20.2 Å². The molecule has 2 heteroatoms. The molecule has 0 saturated carbocycles. The maximum absolute atomic E-state index is 8.66. The fourth-order valence-electron chi connectivity index (χ4n) is 1.50. The maximum Gasteiger partial charge on any atom is 0.139 e. The van der Waals surface area contributed by atoms with Crippen molar-refractivity contribution in [1.29, 1.82) is 0 Å². The Morgan fingerprint density at radius 1 is 1.12 bits per heavy atom. The minimum Gasteiger partial charge on any atom is -0.392 e. The molecule has 0 heterocycles. The lowest BCUT2D eigenvalue weighted by Gasteiger charge is -2.19. The summed E-state index contributed by atoms with van der Waals surface area (Å²) in [5.74, 6) is 8.80. The van der Waals surface area contributed by atoms with E-state index in [0.717, 1.165) is 5.57 Å². The molecule has 0 rings (SSSR count). The van der Waals surface area contributed by atoms with Gasteiger partial charge in [-0.25, -0.2) is 0 Å². The lowest BCUT2D eigenvalue weighted by Crippen LogP contribution is -2.29. The van der Waals surface area contributed by atoms with Crippen LogP contribution >= 0.6 is 0 Å². The van der Waals surface area contributed by atoms with Crippen molar-refractivity contribution >= 4 is 8.07 Å². The Bertz CT molecular complexity index is 334. The third-order valence-electron chi connectivity index (χ3n) is 3.08. The van der Waals surface area contributed by atoms with E-state index >= 15 is 0 Å². The van der Waals surface area contributed by atoms with Gasteiger partial charge in [0.25, 0.3) is 0 Å². The van der Waals surface area contributed by atoms with Crippen molar-refractivity contribution in [2.45, 2.75) is 45.8 Å². The molecule has 0 radical (unpaired) electrons. The Morgan fingerprint density at radius 2 is 1.69 bits per heavy atom. The van der Waals surface area contributed by atoms with E-state index in [0.29, 0.717) is 0 Å². The quantitative estimate of drug-likeness (QED) is 0.586. The fraction of sp³-hybridized carbons (Fsp3) is 0.571. The molecular weight excluding hydrogens is 212 g/mol. The van der Waals surface area contributed by atoms with Crippen LogP contribution in [0.4, 0.5) is 0 Å². The van der Waals surface area contributed by atoms with Crippen molar-refractivity contribution < 1.29 is 5.11 Å². The van der Waals surface area contributed by atoms with E-state index in [-0.39, 0.29) is 6.61 Å². The van der Waals surface area contributed by atoms with Gasteiger partial charge in [0.15, 0.2) is 0 Å². The SMILES string of the molecule is CC[Si](C#CC#C/C(C)=C/CO)(CC)CC. The van der Waals surface area contributed by atoms with Crippen LogP contribution in [0.2, 0.25) is 18.1 Å². The van der Waals surface area contributed by atoms with Gasteiger partial charge >= 0.3 is 0 Å². The molecule has 0 aromatic heterocycles. The van der Waals surface area contributed by atoms with Crippen molar-refractivity contribution in [1.82, 2.24) is 0 Å². The van der Waals surface area contributed by atoms with Crippen LogP contribution < -0.4 is 0 Å². The van der Waals surface area contributed by atoms with Crippen LogP contribution in [0, 0.1) is 23.3 Å². The zero-order chi connectivity index (χ0) is 12.4. The fourth-order valence-corrected chi connectivity index (χ4v) is 3.85. The molecule has 0 aliphatic heterocycles. The zero-order valence-corrected chi connectivity index (χ0v) is 11.9. The molecule has 0 saturated heterocycles. The third kappa shape index (κ3) is 5.21. The smallest absolute Gasteiger partial charge is 0.139 e. The zero-order valence-electron chi connectivity index (χ0n) is 10.9. The van der Waals surface area contributed by atoms with Crippen molar-refractivity contribution in [2.24, 2.45) is 0 Å². The van der Waals surface area contributed by atoms with Gasteiger partial charge in [-0.1, -0.05) is 26.7 Å². The van der Waals surface area contributed by atoms with E-state index in [1.807, 2.05) is 6.92 Å². The normalized spacial score (nSPS) is 11.2. The average Bonchev–Trinajstić information content (AvgIpc) is 2.31. The predicted octanol–water partition coefficient (Wildman–Crippen LogP) is 2.98. The highest BCUT2D eigenvalue weighted by atomic mass is 28.3. The summed E-state index contributed by atoms with van der Waals surface area (Å²) in [6.45, 7) is 8.63. The summed E-state index contributed by atoms with van der Waals surface area (Å²) in [6.07, 6.45) is 1.69. The number of allylic oxidation sites excluding steroid dienone is 1. The van der Waals surface area contributed by atoms with Crippen LogP contribution in [0.5, 0.6) is 0 Å². The summed E-state index contributed by atoms with van der Waals surface area (Å²) in [6, 6.07) is 3.63. The minimum absolute atomic E-state index is 0.0471. The molecule has 0 aromatic rings. The molecule has 0 bridgehead atoms. The van der Waals surface area contributed by atoms with Gasteiger partial charge in [-0.2, -0.15) is 0 Å². The van der Waals surface area contributed by atoms with E-state index in [1.54, 1.807) is 6.08 Å². The van der Waals surface area contributed by atoms with Gasteiger partial charge in [-0.05, 0) is 48.5 Å². The second kappa shape index (κ2) is 8.22. The Kier molecular flexibility index (Phi) is 7.72. The third-order valence-corrected chi connectivity index (χ3v) is 7.79. The highest BCUT2D eigenvalue weighted by Crippen LogP contribution is 2.18. The van der Waals surface area contributed by atoms with E-state index < -0.39 is 8.07 Å². The second-order valence-electron chi connectivity index (χ2n) is 3.91. The second-order valence-corrected chi connectivity index (χ2v) is 8.84. The summed E-state index contributed by atoms with van der Waals surface area (Å²) in [7, 11) is -1.34. The molecule has 0 aliphatic rings. The van der Waals surface area contributed by atoms with E-state index in [2.05, 4.69) is 44.1 Å². The first-order valence-corrected chi connectivity index (χ1v) is 8.57. The van der Waals surface area contributed by atoms with Gasteiger partial charge in [0, 0.05) is 0 Å². The highest BCUT2D eigenvalue weighted by Gasteiger charge is 2.23. The minimum atomic E-state index is -1.34. The Hall–Kier alpha value is -0.963. The van der Waals surface area contributed by atoms with E-state index in [1.165, 1.54) is 18.1 Å². The largest absolute Gasteiger partial charge is 0.392 e. The number of aliphatic hydroxyl groups excluding tert-OH is 1. The van der Waals surface area contributed by atoms with Gasteiger partial charge in [0.1, 0.15) is 8.07 Å². The van der Waals surface area contributed by atoms with Gasteiger partial charge < -0.3 is 5.11 Å². The Balaban J connectivity index is 4.66. The molecule has 1 N–H and O–H groups in total. The lowest BCUT2D eigenvalue weighted by molar-refractivity contribution is 0.342. The molecule has 0 atom stereocenters. The first-order valence-electron chi connectivity index (χ1n) is 5.95. The molecular formula is C14H22OSi. The van der Waals surface area contributed by atoms with Crippen LogP contribution in [-0.2, 0) is 0 Å². The summed E-state index contributed by atoms with van der Waals surface area (Å²) in [5, 5.41) is 8.66. The summed E-state index contributed by atoms with van der Waals surface area (Å²) < 4.78 is 0. The van der Waals surface area contributed by atoms with Crippen molar-refractivity contribution in [3.05, 3.63) is 11.6 Å². The molecule has 0 spiro atoms. The molecule has 1 nitrogen and oxygen atoms in total. The summed E-state index contributed by atoms with van der Waals surface area (Å²) in [5.41, 5.74) is 4.29. The van der Waals surface area contributed by atoms with E-state index in [9.17, 15) is 0 Å². The maximum atomic E-state index is 8.66. The Labute approximate surface area is 101 Å². The van der Waals surface area contributed by atoms with Gasteiger partial charge in [0.05, 0.1) is 6.61 Å². The van der Waals surface area contributed by atoms with Gasteiger partial charge in [-0.3, -0.25) is 0 Å². The highest BCUT2D eigenvalue weighted by molar-refractivity contribution is 6.87. The average molecular weight is 234 g/mol. The van der Waals surface area contributed by atoms with Crippen molar-refractivity contribution in [3.8, 4) is 23.3 Å². The van der Waals surface area contributed by atoms with Crippen LogP contribution in [0.3, 0.4) is 0 Å².